The van der Waals surface area contributed by atoms with Crippen molar-refractivity contribution < 1.29 is 8.78 Å². The van der Waals surface area contributed by atoms with Crippen molar-refractivity contribution in [2.24, 2.45) is 5.92 Å². The number of piperidine rings is 1. The molecule has 26 heavy (non-hydrogen) atoms. The molecule has 1 fully saturated rings. The summed E-state index contributed by atoms with van der Waals surface area (Å²) in [5.74, 6) is -1.03. The van der Waals surface area contributed by atoms with Gasteiger partial charge in [-0.3, -0.25) is 9.69 Å². The Bertz CT molecular complexity index is 831. The molecule has 0 unspecified atom stereocenters. The van der Waals surface area contributed by atoms with E-state index < -0.39 is 11.6 Å². The Labute approximate surface area is 153 Å². The molecule has 140 valence electrons. The highest BCUT2D eigenvalue weighted by Gasteiger charge is 2.21. The van der Waals surface area contributed by atoms with Gasteiger partial charge >= 0.3 is 0 Å². The average Bonchev–Trinajstić information content (AvgIpc) is 2.63. The first-order valence-electron chi connectivity index (χ1n) is 9.28. The Balaban J connectivity index is 1.58. The molecule has 1 aliphatic rings. The number of aromatic amines is 1. The fourth-order valence-corrected chi connectivity index (χ4v) is 3.79. The van der Waals surface area contributed by atoms with Gasteiger partial charge in [0.2, 0.25) is 0 Å². The van der Waals surface area contributed by atoms with E-state index in [4.69, 9.17) is 0 Å². The summed E-state index contributed by atoms with van der Waals surface area (Å²) >= 11 is 0. The van der Waals surface area contributed by atoms with Crippen molar-refractivity contribution in [1.82, 2.24) is 9.88 Å². The zero-order valence-corrected chi connectivity index (χ0v) is 15.4. The number of halogens is 2. The van der Waals surface area contributed by atoms with E-state index >= 15 is 0 Å². The molecule has 1 aromatic heterocycles. The van der Waals surface area contributed by atoms with Crippen LogP contribution >= 0.6 is 0 Å². The molecular formula is C21H26F2N2O. The lowest BCUT2D eigenvalue weighted by molar-refractivity contribution is 0.160. The number of hydrogen-bond donors (Lipinski definition) is 1. The Morgan fingerprint density at radius 2 is 2.04 bits per heavy atom. The molecule has 0 saturated carbocycles. The SMILES string of the molecule is Cc1c[nH]c(CN2CCC[C@H](CCc3ccc(F)c(F)c3)C2)c(C)c1=O. The van der Waals surface area contributed by atoms with Crippen LogP contribution in [-0.2, 0) is 13.0 Å². The van der Waals surface area contributed by atoms with Crippen LogP contribution in [0, 0.1) is 31.4 Å². The predicted molar refractivity (Wildman–Crippen MR) is 99.2 cm³/mol. The first-order valence-corrected chi connectivity index (χ1v) is 9.28. The van der Waals surface area contributed by atoms with Gasteiger partial charge in [0, 0.05) is 36.1 Å². The van der Waals surface area contributed by atoms with Gasteiger partial charge < -0.3 is 4.98 Å². The topological polar surface area (TPSA) is 36.1 Å². The largest absolute Gasteiger partial charge is 0.363 e. The third kappa shape index (κ3) is 4.39. The van der Waals surface area contributed by atoms with Crippen LogP contribution in [0.15, 0.2) is 29.2 Å². The minimum Gasteiger partial charge on any atom is -0.363 e. The minimum absolute atomic E-state index is 0.116. The summed E-state index contributed by atoms with van der Waals surface area (Å²) in [7, 11) is 0. The maximum absolute atomic E-state index is 13.3. The maximum Gasteiger partial charge on any atom is 0.187 e. The normalized spacial score (nSPS) is 18.2. The van der Waals surface area contributed by atoms with Crippen molar-refractivity contribution in [3.8, 4) is 0 Å². The number of likely N-dealkylation sites (tertiary alicyclic amines) is 1. The van der Waals surface area contributed by atoms with Gasteiger partial charge in [0.05, 0.1) is 0 Å². The van der Waals surface area contributed by atoms with E-state index in [0.29, 0.717) is 5.92 Å². The maximum atomic E-state index is 13.3. The lowest BCUT2D eigenvalue weighted by Gasteiger charge is -2.33. The summed E-state index contributed by atoms with van der Waals surface area (Å²) in [4.78, 5) is 17.8. The standard InChI is InChI=1S/C21H26F2N2O/c1-14-11-24-20(15(2)21(14)26)13-25-9-3-4-17(12-25)6-5-16-7-8-18(22)19(23)10-16/h7-8,10-11,17H,3-6,9,12-13H2,1-2H3,(H,24,26)/t17-/m1/s1. The van der Waals surface area contributed by atoms with Crippen LogP contribution in [0.3, 0.4) is 0 Å². The molecule has 1 aromatic carbocycles. The molecular weight excluding hydrogens is 334 g/mol. The zero-order valence-electron chi connectivity index (χ0n) is 15.4. The molecule has 1 saturated heterocycles. The zero-order chi connectivity index (χ0) is 18.7. The van der Waals surface area contributed by atoms with E-state index in [9.17, 15) is 13.6 Å². The summed E-state index contributed by atoms with van der Waals surface area (Å²) in [5, 5.41) is 0. The van der Waals surface area contributed by atoms with Crippen molar-refractivity contribution in [2.75, 3.05) is 13.1 Å². The van der Waals surface area contributed by atoms with Crippen molar-refractivity contribution in [3.63, 3.8) is 0 Å². The quantitative estimate of drug-likeness (QED) is 0.871. The summed E-state index contributed by atoms with van der Waals surface area (Å²) in [6, 6.07) is 4.17. The molecule has 0 aliphatic carbocycles. The van der Waals surface area contributed by atoms with Crippen molar-refractivity contribution >= 4 is 0 Å². The van der Waals surface area contributed by atoms with Crippen LogP contribution in [0.4, 0.5) is 8.78 Å². The van der Waals surface area contributed by atoms with Crippen LogP contribution in [0.25, 0.3) is 0 Å². The van der Waals surface area contributed by atoms with E-state index in [-0.39, 0.29) is 5.43 Å². The Hall–Kier alpha value is -2.01. The number of aryl methyl sites for hydroxylation is 2. The molecule has 0 spiro atoms. The lowest BCUT2D eigenvalue weighted by atomic mass is 9.91. The van der Waals surface area contributed by atoms with Gasteiger partial charge in [-0.1, -0.05) is 6.07 Å². The number of rotatable bonds is 5. The second kappa shape index (κ2) is 8.12. The minimum atomic E-state index is -0.792. The molecule has 1 atom stereocenters. The number of hydrogen-bond acceptors (Lipinski definition) is 2. The third-order valence-electron chi connectivity index (χ3n) is 5.42. The van der Waals surface area contributed by atoms with E-state index in [1.165, 1.54) is 12.1 Å². The lowest BCUT2D eigenvalue weighted by Crippen LogP contribution is -2.36. The molecule has 0 amide bonds. The van der Waals surface area contributed by atoms with Gasteiger partial charge in [0.25, 0.3) is 0 Å². The monoisotopic (exact) mass is 360 g/mol. The van der Waals surface area contributed by atoms with Gasteiger partial charge in [-0.2, -0.15) is 0 Å². The first-order chi connectivity index (χ1) is 12.4. The number of benzene rings is 1. The second-order valence-electron chi connectivity index (χ2n) is 7.43. The number of H-pyrrole nitrogens is 1. The van der Waals surface area contributed by atoms with E-state index in [1.807, 2.05) is 13.8 Å². The molecule has 2 heterocycles. The highest BCUT2D eigenvalue weighted by Crippen LogP contribution is 2.23. The highest BCUT2D eigenvalue weighted by molar-refractivity contribution is 5.23. The number of aromatic nitrogens is 1. The van der Waals surface area contributed by atoms with E-state index in [0.717, 1.165) is 67.7 Å². The van der Waals surface area contributed by atoms with Gasteiger partial charge in [-0.15, -0.1) is 0 Å². The Morgan fingerprint density at radius 3 is 2.81 bits per heavy atom. The summed E-state index contributed by atoms with van der Waals surface area (Å²) in [6.07, 6.45) is 5.79. The Kier molecular flexibility index (Phi) is 5.87. The van der Waals surface area contributed by atoms with Crippen LogP contribution in [-0.4, -0.2) is 23.0 Å². The summed E-state index contributed by atoms with van der Waals surface area (Å²) in [6.45, 7) is 6.45. The van der Waals surface area contributed by atoms with Gasteiger partial charge in [0.15, 0.2) is 17.1 Å². The molecule has 0 radical (unpaired) electrons. The van der Waals surface area contributed by atoms with Gasteiger partial charge in [0.1, 0.15) is 0 Å². The average molecular weight is 360 g/mol. The third-order valence-corrected chi connectivity index (χ3v) is 5.42. The Morgan fingerprint density at radius 1 is 1.23 bits per heavy atom. The number of nitrogens with zero attached hydrogens (tertiary/aromatic N) is 1. The summed E-state index contributed by atoms with van der Waals surface area (Å²) in [5.41, 5.74) is 3.50. The van der Waals surface area contributed by atoms with Crippen LogP contribution < -0.4 is 5.43 Å². The van der Waals surface area contributed by atoms with Crippen molar-refractivity contribution in [2.45, 2.75) is 46.1 Å². The van der Waals surface area contributed by atoms with Crippen LogP contribution in [0.2, 0.25) is 0 Å². The molecule has 1 N–H and O–H groups in total. The molecule has 3 rings (SSSR count). The van der Waals surface area contributed by atoms with Crippen molar-refractivity contribution in [3.05, 3.63) is 68.6 Å². The molecule has 5 heteroatoms. The van der Waals surface area contributed by atoms with E-state index in [1.54, 1.807) is 12.3 Å². The van der Waals surface area contributed by atoms with Crippen LogP contribution in [0.5, 0.6) is 0 Å². The first kappa shape index (κ1) is 18.8. The van der Waals surface area contributed by atoms with Gasteiger partial charge in [-0.05, 0) is 69.7 Å². The molecule has 2 aromatic rings. The molecule has 3 nitrogen and oxygen atoms in total. The summed E-state index contributed by atoms with van der Waals surface area (Å²) < 4.78 is 26.4. The highest BCUT2D eigenvalue weighted by atomic mass is 19.2. The predicted octanol–water partition coefficient (Wildman–Crippen LogP) is 4.11. The number of nitrogens with one attached hydrogen (secondary N) is 1. The van der Waals surface area contributed by atoms with E-state index in [2.05, 4.69) is 9.88 Å². The fourth-order valence-electron chi connectivity index (χ4n) is 3.79. The fraction of sp³-hybridized carbons (Fsp3) is 0.476. The van der Waals surface area contributed by atoms with Crippen molar-refractivity contribution in [1.29, 1.82) is 0 Å². The molecule has 0 bridgehead atoms. The van der Waals surface area contributed by atoms with Crippen LogP contribution in [0.1, 0.15) is 41.6 Å². The second-order valence-corrected chi connectivity index (χ2v) is 7.43. The number of pyridine rings is 1. The molecule has 1 aliphatic heterocycles. The van der Waals surface area contributed by atoms with Gasteiger partial charge in [-0.25, -0.2) is 8.78 Å². The smallest absolute Gasteiger partial charge is 0.187 e.